The summed E-state index contributed by atoms with van der Waals surface area (Å²) in [5, 5.41) is 8.72. The summed E-state index contributed by atoms with van der Waals surface area (Å²) in [4.78, 5) is 24.4. The molecule has 1 atom stereocenters. The fraction of sp³-hybridized carbons (Fsp3) is 0.846. The number of carboxylic acid groups (broad SMARTS) is 1. The summed E-state index contributed by atoms with van der Waals surface area (Å²) >= 11 is 0. The van der Waals surface area contributed by atoms with Gasteiger partial charge in [0.25, 0.3) is 0 Å². The average Bonchev–Trinajstić information content (AvgIpc) is 2.23. The third-order valence-electron chi connectivity index (χ3n) is 2.81. The Labute approximate surface area is 109 Å². The quantitative estimate of drug-likeness (QED) is 0.726. The van der Waals surface area contributed by atoms with E-state index < -0.39 is 17.6 Å². The molecule has 0 aliphatic rings. The predicted octanol–water partition coefficient (Wildman–Crippen LogP) is 1.61. The van der Waals surface area contributed by atoms with E-state index in [9.17, 15) is 9.59 Å². The van der Waals surface area contributed by atoms with Gasteiger partial charge in [0.2, 0.25) is 5.91 Å². The van der Waals surface area contributed by atoms with Crippen molar-refractivity contribution >= 4 is 11.9 Å². The van der Waals surface area contributed by atoms with Crippen molar-refractivity contribution in [3.05, 3.63) is 0 Å². The van der Waals surface area contributed by atoms with Crippen LogP contribution in [0.4, 0.5) is 0 Å². The molecule has 5 heteroatoms. The summed E-state index contributed by atoms with van der Waals surface area (Å²) in [6.45, 7) is 7.92. The lowest BCUT2D eigenvalue weighted by atomic mass is 10.0. The van der Waals surface area contributed by atoms with Crippen LogP contribution in [0.2, 0.25) is 0 Å². The van der Waals surface area contributed by atoms with Gasteiger partial charge in [-0.3, -0.25) is 9.59 Å². The first-order valence-electron chi connectivity index (χ1n) is 6.49. The smallest absolute Gasteiger partial charge is 0.305 e. The van der Waals surface area contributed by atoms with Gasteiger partial charge in [-0.15, -0.1) is 0 Å². The van der Waals surface area contributed by atoms with E-state index in [-0.39, 0.29) is 18.9 Å². The molecule has 0 fully saturated rings. The predicted molar refractivity (Wildman–Crippen MR) is 71.2 cm³/mol. The topological polar surface area (TPSA) is 83.6 Å². The maximum absolute atomic E-state index is 12.2. The van der Waals surface area contributed by atoms with Crippen LogP contribution in [0.15, 0.2) is 0 Å². The van der Waals surface area contributed by atoms with Gasteiger partial charge in [-0.1, -0.05) is 19.8 Å². The highest BCUT2D eigenvalue weighted by Gasteiger charge is 2.29. The fourth-order valence-corrected chi connectivity index (χ4v) is 1.73. The number of unbranched alkanes of at least 4 members (excludes halogenated alkanes) is 1. The normalized spacial score (nSPS) is 13.2. The Kier molecular flexibility index (Phi) is 6.91. The Bertz CT molecular complexity index is 284. The van der Waals surface area contributed by atoms with Crippen LogP contribution in [-0.2, 0) is 9.59 Å². The number of carbonyl (C=O) groups excluding carboxylic acids is 1. The van der Waals surface area contributed by atoms with E-state index >= 15 is 0 Å². The summed E-state index contributed by atoms with van der Waals surface area (Å²) in [7, 11) is 0. The van der Waals surface area contributed by atoms with E-state index in [4.69, 9.17) is 10.8 Å². The standard InChI is InChI=1S/C13H26N2O3/c1-5-6-7-10(14)12(18)15(13(2,3)4)9-8-11(16)17/h10H,5-9,14H2,1-4H3,(H,16,17)/t10-/m0/s1. The van der Waals surface area contributed by atoms with Crippen LogP contribution in [0.5, 0.6) is 0 Å². The zero-order valence-electron chi connectivity index (χ0n) is 11.9. The molecular formula is C13H26N2O3. The molecule has 0 aliphatic carbocycles. The van der Waals surface area contributed by atoms with E-state index in [1.807, 2.05) is 27.7 Å². The van der Waals surface area contributed by atoms with E-state index in [0.29, 0.717) is 6.42 Å². The second-order valence-electron chi connectivity index (χ2n) is 5.55. The first-order chi connectivity index (χ1) is 8.20. The Hall–Kier alpha value is -1.10. The molecule has 0 aromatic rings. The van der Waals surface area contributed by atoms with Crippen LogP contribution in [0, 0.1) is 0 Å². The molecule has 106 valence electrons. The van der Waals surface area contributed by atoms with Crippen LogP contribution < -0.4 is 5.73 Å². The number of carbonyl (C=O) groups is 2. The minimum absolute atomic E-state index is 0.0521. The zero-order chi connectivity index (χ0) is 14.3. The number of hydrogen-bond donors (Lipinski definition) is 2. The van der Waals surface area contributed by atoms with E-state index in [1.54, 1.807) is 4.90 Å². The molecular weight excluding hydrogens is 232 g/mol. The van der Waals surface area contributed by atoms with Crippen LogP contribution in [-0.4, -0.2) is 40.0 Å². The number of nitrogens with zero attached hydrogens (tertiary/aromatic N) is 1. The van der Waals surface area contributed by atoms with Crippen LogP contribution in [0.1, 0.15) is 53.4 Å². The van der Waals surface area contributed by atoms with Gasteiger partial charge in [0.1, 0.15) is 0 Å². The lowest BCUT2D eigenvalue weighted by Crippen LogP contribution is -2.52. The Balaban J connectivity index is 4.64. The molecule has 18 heavy (non-hydrogen) atoms. The second kappa shape index (κ2) is 7.36. The van der Waals surface area contributed by atoms with Crippen molar-refractivity contribution in [1.29, 1.82) is 0 Å². The summed E-state index contributed by atoms with van der Waals surface area (Å²) in [6, 6.07) is -0.530. The summed E-state index contributed by atoms with van der Waals surface area (Å²) in [5.41, 5.74) is 5.46. The Morgan fingerprint density at radius 2 is 1.89 bits per heavy atom. The molecule has 0 aromatic carbocycles. The van der Waals surface area contributed by atoms with Crippen molar-refractivity contribution in [2.75, 3.05) is 6.54 Å². The van der Waals surface area contributed by atoms with Crippen molar-refractivity contribution in [3.8, 4) is 0 Å². The molecule has 0 spiro atoms. The molecule has 5 nitrogen and oxygen atoms in total. The molecule has 0 saturated heterocycles. The zero-order valence-corrected chi connectivity index (χ0v) is 11.9. The number of carboxylic acids is 1. The van der Waals surface area contributed by atoms with E-state index in [2.05, 4.69) is 0 Å². The second-order valence-corrected chi connectivity index (χ2v) is 5.55. The van der Waals surface area contributed by atoms with Crippen molar-refractivity contribution in [2.45, 2.75) is 65.0 Å². The van der Waals surface area contributed by atoms with Crippen molar-refractivity contribution in [3.63, 3.8) is 0 Å². The highest BCUT2D eigenvalue weighted by atomic mass is 16.4. The fourth-order valence-electron chi connectivity index (χ4n) is 1.73. The molecule has 0 aromatic heterocycles. The lowest BCUT2D eigenvalue weighted by molar-refractivity contribution is -0.141. The first-order valence-corrected chi connectivity index (χ1v) is 6.49. The van der Waals surface area contributed by atoms with Gasteiger partial charge < -0.3 is 15.7 Å². The molecule has 0 unspecified atom stereocenters. The van der Waals surface area contributed by atoms with Crippen LogP contribution in [0.3, 0.4) is 0 Å². The SMILES string of the molecule is CCCC[C@H](N)C(=O)N(CCC(=O)O)C(C)(C)C. The molecule has 3 N–H and O–H groups in total. The Morgan fingerprint density at radius 3 is 2.28 bits per heavy atom. The van der Waals surface area contributed by atoms with Crippen molar-refractivity contribution < 1.29 is 14.7 Å². The maximum Gasteiger partial charge on any atom is 0.305 e. The number of aliphatic carboxylic acids is 1. The number of rotatable bonds is 7. The molecule has 0 radical (unpaired) electrons. The lowest BCUT2D eigenvalue weighted by Gasteiger charge is -2.37. The summed E-state index contributed by atoms with van der Waals surface area (Å²) in [5.74, 6) is -1.06. The van der Waals surface area contributed by atoms with Gasteiger partial charge in [0.15, 0.2) is 0 Å². The highest BCUT2D eigenvalue weighted by Crippen LogP contribution is 2.16. The first kappa shape index (κ1) is 16.9. The molecule has 0 rings (SSSR count). The molecule has 0 heterocycles. The summed E-state index contributed by atoms with van der Waals surface area (Å²) in [6.07, 6.45) is 2.49. The highest BCUT2D eigenvalue weighted by molar-refractivity contribution is 5.82. The van der Waals surface area contributed by atoms with E-state index in [1.165, 1.54) is 0 Å². The number of amides is 1. The van der Waals surface area contributed by atoms with Crippen molar-refractivity contribution in [2.24, 2.45) is 5.73 Å². The molecule has 0 saturated carbocycles. The maximum atomic E-state index is 12.2. The van der Waals surface area contributed by atoms with Crippen LogP contribution in [0.25, 0.3) is 0 Å². The van der Waals surface area contributed by atoms with Gasteiger partial charge >= 0.3 is 5.97 Å². The molecule has 1 amide bonds. The van der Waals surface area contributed by atoms with Gasteiger partial charge in [-0.25, -0.2) is 0 Å². The minimum Gasteiger partial charge on any atom is -0.481 e. The largest absolute Gasteiger partial charge is 0.481 e. The number of hydrogen-bond acceptors (Lipinski definition) is 3. The van der Waals surface area contributed by atoms with Gasteiger partial charge in [0.05, 0.1) is 12.5 Å². The minimum atomic E-state index is -0.904. The van der Waals surface area contributed by atoms with Gasteiger partial charge in [-0.2, -0.15) is 0 Å². The average molecular weight is 258 g/mol. The van der Waals surface area contributed by atoms with Gasteiger partial charge in [-0.05, 0) is 27.2 Å². The van der Waals surface area contributed by atoms with Gasteiger partial charge in [0, 0.05) is 12.1 Å². The monoisotopic (exact) mass is 258 g/mol. The third-order valence-corrected chi connectivity index (χ3v) is 2.81. The van der Waals surface area contributed by atoms with Crippen LogP contribution >= 0.6 is 0 Å². The Morgan fingerprint density at radius 1 is 1.33 bits per heavy atom. The molecule has 0 aliphatic heterocycles. The molecule has 0 bridgehead atoms. The number of nitrogens with two attached hydrogens (primary N) is 1. The van der Waals surface area contributed by atoms with E-state index in [0.717, 1.165) is 12.8 Å². The third kappa shape index (κ3) is 6.00. The summed E-state index contributed by atoms with van der Waals surface area (Å²) < 4.78 is 0. The van der Waals surface area contributed by atoms with Crippen molar-refractivity contribution in [1.82, 2.24) is 4.90 Å².